The standard InChI is InChI=1S/C18H28N2O/c1-18(2,3)16-9-7-14(8-10-16)13-20(4)17(21)15-6-5-11-19-12-15/h7-10,15,19H,5-6,11-13H2,1-4H3. The van der Waals surface area contributed by atoms with Gasteiger partial charge in [-0.15, -0.1) is 0 Å². The van der Waals surface area contributed by atoms with Gasteiger partial charge in [-0.1, -0.05) is 45.0 Å². The maximum atomic E-state index is 12.4. The fourth-order valence-corrected chi connectivity index (χ4v) is 2.84. The van der Waals surface area contributed by atoms with E-state index in [4.69, 9.17) is 0 Å². The van der Waals surface area contributed by atoms with Gasteiger partial charge in [0.1, 0.15) is 0 Å². The van der Waals surface area contributed by atoms with Crippen molar-refractivity contribution in [3.8, 4) is 0 Å². The second-order valence-electron chi connectivity index (χ2n) is 7.18. The maximum Gasteiger partial charge on any atom is 0.227 e. The Balaban J connectivity index is 1.95. The molecule has 1 aromatic rings. The fourth-order valence-electron chi connectivity index (χ4n) is 2.84. The molecule has 1 unspecified atom stereocenters. The highest BCUT2D eigenvalue weighted by atomic mass is 16.2. The quantitative estimate of drug-likeness (QED) is 0.927. The molecule has 0 radical (unpaired) electrons. The highest BCUT2D eigenvalue weighted by Crippen LogP contribution is 2.22. The van der Waals surface area contributed by atoms with E-state index in [0.717, 1.165) is 25.9 Å². The van der Waals surface area contributed by atoms with Crippen LogP contribution in [0.4, 0.5) is 0 Å². The number of hydrogen-bond donors (Lipinski definition) is 1. The first-order chi connectivity index (χ1) is 9.88. The first-order valence-electron chi connectivity index (χ1n) is 7.93. The van der Waals surface area contributed by atoms with Gasteiger partial charge in [-0.25, -0.2) is 0 Å². The zero-order valence-corrected chi connectivity index (χ0v) is 13.8. The highest BCUT2D eigenvalue weighted by molar-refractivity contribution is 5.78. The molecule has 0 spiro atoms. The van der Waals surface area contributed by atoms with E-state index in [9.17, 15) is 4.79 Å². The molecular weight excluding hydrogens is 260 g/mol. The number of carbonyl (C=O) groups is 1. The molecule has 0 aliphatic carbocycles. The van der Waals surface area contributed by atoms with Crippen LogP contribution in [0.3, 0.4) is 0 Å². The Kier molecular flexibility index (Phi) is 5.04. The molecule has 3 heteroatoms. The van der Waals surface area contributed by atoms with E-state index in [0.29, 0.717) is 6.54 Å². The molecule has 0 bridgehead atoms. The number of hydrogen-bond acceptors (Lipinski definition) is 2. The first kappa shape index (κ1) is 16.0. The molecule has 1 atom stereocenters. The number of carbonyl (C=O) groups excluding carboxylic acids is 1. The smallest absolute Gasteiger partial charge is 0.227 e. The molecule has 1 saturated heterocycles. The van der Waals surface area contributed by atoms with E-state index in [1.54, 1.807) is 0 Å². The molecular formula is C18H28N2O. The van der Waals surface area contributed by atoms with Crippen LogP contribution in [0.15, 0.2) is 24.3 Å². The van der Waals surface area contributed by atoms with Crippen LogP contribution in [0.1, 0.15) is 44.7 Å². The predicted octanol–water partition coefficient (Wildman–Crippen LogP) is 2.94. The maximum absolute atomic E-state index is 12.4. The number of nitrogens with zero attached hydrogens (tertiary/aromatic N) is 1. The summed E-state index contributed by atoms with van der Waals surface area (Å²) >= 11 is 0. The third-order valence-corrected chi connectivity index (χ3v) is 4.26. The molecule has 1 aliphatic heterocycles. The van der Waals surface area contributed by atoms with Crippen molar-refractivity contribution in [2.75, 3.05) is 20.1 Å². The Morgan fingerprint density at radius 3 is 2.48 bits per heavy atom. The average Bonchev–Trinajstić information content (AvgIpc) is 2.47. The molecule has 116 valence electrons. The van der Waals surface area contributed by atoms with Crippen molar-refractivity contribution in [2.45, 2.75) is 45.6 Å². The monoisotopic (exact) mass is 288 g/mol. The highest BCUT2D eigenvalue weighted by Gasteiger charge is 2.23. The van der Waals surface area contributed by atoms with Crippen molar-refractivity contribution in [1.29, 1.82) is 0 Å². The van der Waals surface area contributed by atoms with Crippen LogP contribution >= 0.6 is 0 Å². The van der Waals surface area contributed by atoms with Crippen molar-refractivity contribution in [2.24, 2.45) is 5.92 Å². The lowest BCUT2D eigenvalue weighted by molar-refractivity contribution is -0.135. The third-order valence-electron chi connectivity index (χ3n) is 4.26. The lowest BCUT2D eigenvalue weighted by Crippen LogP contribution is -2.41. The Morgan fingerprint density at radius 2 is 1.95 bits per heavy atom. The SMILES string of the molecule is CN(Cc1ccc(C(C)(C)C)cc1)C(=O)C1CCCNC1. The number of nitrogens with one attached hydrogen (secondary N) is 1. The van der Waals surface area contributed by atoms with Gasteiger partial charge >= 0.3 is 0 Å². The number of rotatable bonds is 3. The predicted molar refractivity (Wildman–Crippen MR) is 87.2 cm³/mol. The van der Waals surface area contributed by atoms with Crippen LogP contribution in [0, 0.1) is 5.92 Å². The Labute approximate surface area is 128 Å². The van der Waals surface area contributed by atoms with E-state index in [1.807, 2.05) is 11.9 Å². The van der Waals surface area contributed by atoms with Crippen LogP contribution in [0.2, 0.25) is 0 Å². The van der Waals surface area contributed by atoms with Crippen LogP contribution < -0.4 is 5.32 Å². The van der Waals surface area contributed by atoms with Crippen molar-refractivity contribution < 1.29 is 4.79 Å². The molecule has 0 aromatic heterocycles. The minimum atomic E-state index is 0.151. The average molecular weight is 288 g/mol. The number of benzene rings is 1. The van der Waals surface area contributed by atoms with Crippen molar-refractivity contribution in [1.82, 2.24) is 10.2 Å². The molecule has 1 aliphatic rings. The lowest BCUT2D eigenvalue weighted by Gasteiger charge is -2.27. The summed E-state index contributed by atoms with van der Waals surface area (Å²) in [6.07, 6.45) is 2.11. The van der Waals surface area contributed by atoms with Crippen LogP contribution in [0.5, 0.6) is 0 Å². The van der Waals surface area contributed by atoms with Gasteiger partial charge in [0, 0.05) is 20.1 Å². The molecule has 3 nitrogen and oxygen atoms in total. The topological polar surface area (TPSA) is 32.3 Å². The minimum Gasteiger partial charge on any atom is -0.341 e. The van der Waals surface area contributed by atoms with Crippen LogP contribution in [-0.4, -0.2) is 30.9 Å². The molecule has 1 heterocycles. The fraction of sp³-hybridized carbons (Fsp3) is 0.611. The van der Waals surface area contributed by atoms with E-state index in [1.165, 1.54) is 11.1 Å². The molecule has 1 N–H and O–H groups in total. The van der Waals surface area contributed by atoms with Crippen molar-refractivity contribution >= 4 is 5.91 Å². The summed E-state index contributed by atoms with van der Waals surface area (Å²) in [5, 5.41) is 3.31. The number of piperidine rings is 1. The van der Waals surface area contributed by atoms with Gasteiger partial charge in [-0.05, 0) is 35.9 Å². The van der Waals surface area contributed by atoms with Gasteiger partial charge < -0.3 is 10.2 Å². The van der Waals surface area contributed by atoms with Gasteiger partial charge in [0.2, 0.25) is 5.91 Å². The first-order valence-corrected chi connectivity index (χ1v) is 7.93. The molecule has 2 rings (SSSR count). The zero-order chi connectivity index (χ0) is 15.5. The van der Waals surface area contributed by atoms with Crippen molar-refractivity contribution in [3.05, 3.63) is 35.4 Å². The van der Waals surface area contributed by atoms with E-state index < -0.39 is 0 Å². The number of amides is 1. The Hall–Kier alpha value is -1.35. The summed E-state index contributed by atoms with van der Waals surface area (Å²) in [7, 11) is 1.91. The van der Waals surface area contributed by atoms with Crippen LogP contribution in [0.25, 0.3) is 0 Å². The molecule has 1 aromatic carbocycles. The normalized spacial score (nSPS) is 19.3. The summed E-state index contributed by atoms with van der Waals surface area (Å²) in [5.74, 6) is 0.416. The summed E-state index contributed by atoms with van der Waals surface area (Å²) in [5.41, 5.74) is 2.70. The Bertz CT molecular complexity index is 467. The van der Waals surface area contributed by atoms with Gasteiger partial charge in [0.15, 0.2) is 0 Å². The Morgan fingerprint density at radius 1 is 1.29 bits per heavy atom. The van der Waals surface area contributed by atoms with E-state index in [2.05, 4.69) is 50.4 Å². The van der Waals surface area contributed by atoms with Crippen molar-refractivity contribution in [3.63, 3.8) is 0 Å². The summed E-state index contributed by atoms with van der Waals surface area (Å²) in [6, 6.07) is 8.64. The summed E-state index contributed by atoms with van der Waals surface area (Å²) in [6.45, 7) is 9.21. The zero-order valence-electron chi connectivity index (χ0n) is 13.8. The van der Waals surface area contributed by atoms with Crippen LogP contribution in [-0.2, 0) is 16.8 Å². The summed E-state index contributed by atoms with van der Waals surface area (Å²) < 4.78 is 0. The molecule has 0 saturated carbocycles. The second-order valence-corrected chi connectivity index (χ2v) is 7.18. The van der Waals surface area contributed by atoms with Gasteiger partial charge in [0.25, 0.3) is 0 Å². The van der Waals surface area contributed by atoms with Gasteiger partial charge in [-0.3, -0.25) is 4.79 Å². The third kappa shape index (κ3) is 4.31. The second kappa shape index (κ2) is 6.61. The molecule has 1 fully saturated rings. The van der Waals surface area contributed by atoms with E-state index in [-0.39, 0.29) is 17.2 Å². The lowest BCUT2D eigenvalue weighted by atomic mass is 9.87. The van der Waals surface area contributed by atoms with E-state index >= 15 is 0 Å². The van der Waals surface area contributed by atoms with Gasteiger partial charge in [-0.2, -0.15) is 0 Å². The largest absolute Gasteiger partial charge is 0.341 e. The minimum absolute atomic E-state index is 0.151. The molecule has 1 amide bonds. The summed E-state index contributed by atoms with van der Waals surface area (Å²) in [4.78, 5) is 14.3. The molecule has 21 heavy (non-hydrogen) atoms. The van der Waals surface area contributed by atoms with Gasteiger partial charge in [0.05, 0.1) is 5.92 Å².